The zero-order chi connectivity index (χ0) is 25.0. The van der Waals surface area contributed by atoms with E-state index in [1.807, 2.05) is 0 Å². The molecule has 0 aromatic heterocycles. The lowest BCUT2D eigenvalue weighted by molar-refractivity contribution is -0.984. The van der Waals surface area contributed by atoms with E-state index in [2.05, 4.69) is 110 Å². The van der Waals surface area contributed by atoms with Crippen LogP contribution in [0.4, 0.5) is 0 Å². The fourth-order valence-corrected chi connectivity index (χ4v) is 7.69. The maximum absolute atomic E-state index is 12.2. The number of piperidine rings is 3. The first-order chi connectivity index (χ1) is 18.2. The molecule has 0 radical (unpaired) electrons. The average molecular weight is 485 g/mol. The summed E-state index contributed by atoms with van der Waals surface area (Å²) in [5.74, 6) is 1.11. The summed E-state index contributed by atoms with van der Waals surface area (Å²) in [5.41, 5.74) is 2.50. The third-order valence-corrected chi connectivity index (χ3v) is 9.54. The Balaban J connectivity index is 1.39. The van der Waals surface area contributed by atoms with Crippen LogP contribution in [-0.2, 0) is 6.54 Å². The molecule has 0 saturated carbocycles. The minimum Gasteiger partial charge on any atom is -0.382 e. The van der Waals surface area contributed by atoms with Crippen LogP contribution in [0.2, 0.25) is 0 Å². The number of benzene rings is 5. The molecule has 3 fully saturated rings. The van der Waals surface area contributed by atoms with Crippen LogP contribution < -0.4 is 0 Å². The molecule has 0 aliphatic carbocycles. The summed E-state index contributed by atoms with van der Waals surface area (Å²) >= 11 is 0. The molecular weight excluding hydrogens is 450 g/mol. The molecule has 0 spiro atoms. The number of hydrogen-bond acceptors (Lipinski definition) is 1. The smallest absolute Gasteiger partial charge is 0.131 e. The van der Waals surface area contributed by atoms with Gasteiger partial charge in [-0.1, -0.05) is 97.1 Å². The normalized spacial score (nSPS) is 26.0. The fourth-order valence-electron chi connectivity index (χ4n) is 7.69. The molecule has 5 atom stereocenters. The Hall–Kier alpha value is -3.46. The lowest BCUT2D eigenvalue weighted by Gasteiger charge is -2.58. The second-order valence-electron chi connectivity index (χ2n) is 11.3. The summed E-state index contributed by atoms with van der Waals surface area (Å²) in [5, 5.41) is 19.8. The number of fused-ring (bicyclic) bond motifs is 6. The van der Waals surface area contributed by atoms with Gasteiger partial charge < -0.3 is 9.59 Å². The number of rotatable bonds is 5. The Labute approximate surface area is 219 Å². The molecule has 5 unspecified atom stereocenters. The molecule has 184 valence electrons. The molecule has 37 heavy (non-hydrogen) atoms. The van der Waals surface area contributed by atoms with E-state index in [0.29, 0.717) is 11.8 Å². The predicted molar refractivity (Wildman–Crippen MR) is 154 cm³/mol. The van der Waals surface area contributed by atoms with Crippen molar-refractivity contribution < 1.29 is 9.59 Å². The van der Waals surface area contributed by atoms with Crippen LogP contribution in [0, 0.1) is 11.8 Å². The van der Waals surface area contributed by atoms with Gasteiger partial charge >= 0.3 is 0 Å². The Morgan fingerprint density at radius 2 is 1.43 bits per heavy atom. The van der Waals surface area contributed by atoms with Crippen LogP contribution in [0.3, 0.4) is 0 Å². The van der Waals surface area contributed by atoms with Crippen LogP contribution in [0.25, 0.3) is 32.3 Å². The van der Waals surface area contributed by atoms with Gasteiger partial charge in [0.2, 0.25) is 0 Å². The molecule has 3 heterocycles. The fraction of sp³-hybridized carbons (Fsp3) is 0.257. The first-order valence-corrected chi connectivity index (χ1v) is 13.7. The van der Waals surface area contributed by atoms with E-state index >= 15 is 0 Å². The third-order valence-electron chi connectivity index (χ3n) is 9.54. The van der Waals surface area contributed by atoms with Crippen molar-refractivity contribution in [3.63, 3.8) is 0 Å². The maximum atomic E-state index is 12.2. The van der Waals surface area contributed by atoms with Gasteiger partial charge in [-0.2, -0.15) is 0 Å². The molecule has 0 amide bonds. The molecule has 3 aliphatic heterocycles. The van der Waals surface area contributed by atoms with E-state index in [1.165, 1.54) is 44.3 Å². The van der Waals surface area contributed by atoms with Crippen molar-refractivity contribution in [3.05, 3.63) is 121 Å². The highest BCUT2D eigenvalue weighted by atomic mass is 16.3. The second kappa shape index (κ2) is 8.83. The largest absolute Gasteiger partial charge is 0.382 e. The summed E-state index contributed by atoms with van der Waals surface area (Å²) in [7, 11) is 0. The van der Waals surface area contributed by atoms with Gasteiger partial charge in [0, 0.05) is 24.3 Å². The zero-order valence-electron chi connectivity index (χ0n) is 21.3. The van der Waals surface area contributed by atoms with Crippen molar-refractivity contribution in [1.29, 1.82) is 0 Å². The number of hydrogen-bond donors (Lipinski definition) is 1. The van der Waals surface area contributed by atoms with Crippen molar-refractivity contribution in [2.45, 2.75) is 31.5 Å². The van der Waals surface area contributed by atoms with Crippen molar-refractivity contribution in [2.75, 3.05) is 13.1 Å². The molecule has 2 bridgehead atoms. The Kier molecular flexibility index (Phi) is 5.42. The molecule has 1 N–H and O–H groups in total. The van der Waals surface area contributed by atoms with Gasteiger partial charge in [0.15, 0.2) is 0 Å². The van der Waals surface area contributed by atoms with E-state index in [1.54, 1.807) is 0 Å². The number of aliphatic hydroxyl groups excluding tert-OH is 1. The Bertz CT molecular complexity index is 1580. The summed E-state index contributed by atoms with van der Waals surface area (Å²) in [4.78, 5) is 0. The Morgan fingerprint density at radius 1 is 0.811 bits per heavy atom. The number of quaternary nitrogens is 1. The van der Waals surface area contributed by atoms with E-state index in [9.17, 15) is 5.11 Å². The van der Waals surface area contributed by atoms with Gasteiger partial charge in [-0.3, -0.25) is 0 Å². The monoisotopic (exact) mass is 484 g/mol. The first-order valence-electron chi connectivity index (χ1n) is 13.7. The molecule has 3 saturated heterocycles. The van der Waals surface area contributed by atoms with Crippen LogP contribution in [0.15, 0.2) is 110 Å². The van der Waals surface area contributed by atoms with Crippen molar-refractivity contribution in [1.82, 2.24) is 0 Å². The highest BCUT2D eigenvalue weighted by Gasteiger charge is 2.54. The Morgan fingerprint density at radius 3 is 2.14 bits per heavy atom. The van der Waals surface area contributed by atoms with Gasteiger partial charge in [0.05, 0.1) is 13.1 Å². The highest BCUT2D eigenvalue weighted by molar-refractivity contribution is 6.02. The molecule has 5 aromatic rings. The van der Waals surface area contributed by atoms with Gasteiger partial charge in [-0.05, 0) is 49.9 Å². The molecule has 2 heteroatoms. The maximum Gasteiger partial charge on any atom is 0.131 e. The minimum atomic E-state index is -0.499. The van der Waals surface area contributed by atoms with E-state index in [4.69, 9.17) is 0 Å². The molecule has 8 rings (SSSR count). The summed E-state index contributed by atoms with van der Waals surface area (Å²) in [6, 6.07) is 35.0. The van der Waals surface area contributed by atoms with E-state index in [-0.39, 0.29) is 6.04 Å². The average Bonchev–Trinajstić information content (AvgIpc) is 2.96. The van der Waals surface area contributed by atoms with Crippen LogP contribution >= 0.6 is 0 Å². The topological polar surface area (TPSA) is 20.2 Å². The molecule has 2 nitrogen and oxygen atoms in total. The minimum absolute atomic E-state index is 0.165. The van der Waals surface area contributed by atoms with Crippen molar-refractivity contribution in [3.8, 4) is 0 Å². The SMILES string of the molecule is C=CC1C[N+]2(Cc3c4ccccc4cc4ccccc34)CCC1CC2C(O)c1cccc2ccccc12. The van der Waals surface area contributed by atoms with Crippen LogP contribution in [-0.4, -0.2) is 28.7 Å². The third kappa shape index (κ3) is 3.62. The van der Waals surface area contributed by atoms with Crippen molar-refractivity contribution in [2.24, 2.45) is 11.8 Å². The molecule has 5 aromatic carbocycles. The van der Waals surface area contributed by atoms with E-state index < -0.39 is 6.10 Å². The van der Waals surface area contributed by atoms with Gasteiger partial charge in [0.25, 0.3) is 0 Å². The second-order valence-corrected chi connectivity index (χ2v) is 11.3. The van der Waals surface area contributed by atoms with Crippen molar-refractivity contribution >= 4 is 32.3 Å². The zero-order valence-corrected chi connectivity index (χ0v) is 21.3. The molecule has 3 aliphatic rings. The van der Waals surface area contributed by atoms with Crippen LogP contribution in [0.1, 0.15) is 30.1 Å². The predicted octanol–water partition coefficient (Wildman–Crippen LogP) is 7.79. The summed E-state index contributed by atoms with van der Waals surface area (Å²) in [6.45, 7) is 7.34. The standard InChI is InChI=1S/C35H34NO/c1-2-24-22-36(23-33-30-15-7-4-11-27(30)20-28-12-5-8-16-31(28)33)19-18-26(24)21-34(36)35(37)32-17-9-13-25-10-3-6-14-29(25)32/h2-17,20,24,26,34-35,37H,1,18-19,21-23H2/q+1. The van der Waals surface area contributed by atoms with Gasteiger partial charge in [-0.15, -0.1) is 6.58 Å². The lowest BCUT2D eigenvalue weighted by Crippen LogP contribution is -2.67. The first kappa shape index (κ1) is 22.7. The van der Waals surface area contributed by atoms with Gasteiger partial charge in [-0.25, -0.2) is 0 Å². The molecular formula is C35H34NO+. The number of nitrogens with zero attached hydrogens (tertiary/aromatic N) is 1. The highest BCUT2D eigenvalue weighted by Crippen LogP contribution is 2.49. The lowest BCUT2D eigenvalue weighted by atomic mass is 9.70. The van der Waals surface area contributed by atoms with Gasteiger partial charge in [0.1, 0.15) is 18.7 Å². The van der Waals surface area contributed by atoms with Crippen LogP contribution in [0.5, 0.6) is 0 Å². The summed E-state index contributed by atoms with van der Waals surface area (Å²) < 4.78 is 0.926. The number of aliphatic hydroxyl groups is 1. The quantitative estimate of drug-likeness (QED) is 0.153. The summed E-state index contributed by atoms with van der Waals surface area (Å²) in [6.07, 6.45) is 3.95. The van der Waals surface area contributed by atoms with E-state index in [0.717, 1.165) is 36.1 Å².